The smallest absolute Gasteiger partial charge is 0.277 e. The first kappa shape index (κ1) is 14.7. The van der Waals surface area contributed by atoms with Gasteiger partial charge in [-0.1, -0.05) is 18.6 Å². The second-order valence-corrected chi connectivity index (χ2v) is 5.86. The molecule has 1 aliphatic heterocycles. The summed E-state index contributed by atoms with van der Waals surface area (Å²) in [6.45, 7) is 9.30. The first-order valence-corrected chi connectivity index (χ1v) is 7.86. The third kappa shape index (κ3) is 3.17. The Balaban J connectivity index is 1.79. The van der Waals surface area contributed by atoms with Crippen molar-refractivity contribution in [1.82, 2.24) is 15.3 Å². The van der Waals surface area contributed by atoms with Gasteiger partial charge in [0.2, 0.25) is 0 Å². The lowest BCUT2D eigenvalue weighted by molar-refractivity contribution is -0.980. The van der Waals surface area contributed by atoms with Gasteiger partial charge in [0.1, 0.15) is 0 Å². The van der Waals surface area contributed by atoms with Gasteiger partial charge in [-0.3, -0.25) is 4.90 Å². The van der Waals surface area contributed by atoms with E-state index in [1.165, 1.54) is 16.9 Å². The first-order chi connectivity index (χ1) is 10.7. The van der Waals surface area contributed by atoms with Crippen molar-refractivity contribution in [1.29, 1.82) is 0 Å². The van der Waals surface area contributed by atoms with Crippen LogP contribution in [-0.2, 0) is 0 Å². The number of anilines is 1. The minimum Gasteiger partial charge on any atom is -0.277 e. The monoisotopic (exact) mass is 300 g/mol. The van der Waals surface area contributed by atoms with Crippen LogP contribution in [0.5, 0.6) is 0 Å². The molecule has 116 valence electrons. The van der Waals surface area contributed by atoms with Crippen LogP contribution in [0.2, 0.25) is 0 Å². The van der Waals surface area contributed by atoms with Crippen molar-refractivity contribution >= 4 is 22.8 Å². The lowest BCUT2D eigenvalue weighted by Crippen LogP contribution is -3.24. The van der Waals surface area contributed by atoms with Gasteiger partial charge in [-0.05, 0) is 32.4 Å². The molecule has 0 saturated carbocycles. The van der Waals surface area contributed by atoms with E-state index >= 15 is 0 Å². The molecule has 3 rings (SSSR count). The normalized spacial score (nSPS) is 18.0. The molecular weight excluding hydrogens is 276 g/mol. The Kier molecular flexibility index (Phi) is 4.20. The summed E-state index contributed by atoms with van der Waals surface area (Å²) in [5.41, 5.74) is 3.19. The number of hydrogen-bond acceptors (Lipinski definition) is 4. The molecule has 6 nitrogen and oxygen atoms in total. The molecule has 6 heteroatoms. The van der Waals surface area contributed by atoms with Crippen LogP contribution in [0.1, 0.15) is 24.6 Å². The lowest BCUT2D eigenvalue weighted by Gasteiger charge is -2.19. The third-order valence-corrected chi connectivity index (χ3v) is 3.91. The van der Waals surface area contributed by atoms with Crippen molar-refractivity contribution in [3.05, 3.63) is 29.5 Å². The summed E-state index contributed by atoms with van der Waals surface area (Å²) in [6, 6.07) is 6.25. The van der Waals surface area contributed by atoms with Crippen molar-refractivity contribution in [3.63, 3.8) is 0 Å². The second kappa shape index (κ2) is 6.27. The van der Waals surface area contributed by atoms with Crippen molar-refractivity contribution < 1.29 is 9.89 Å². The zero-order valence-corrected chi connectivity index (χ0v) is 13.5. The van der Waals surface area contributed by atoms with E-state index in [-0.39, 0.29) is 0 Å². The van der Waals surface area contributed by atoms with Crippen LogP contribution in [-0.4, -0.2) is 35.8 Å². The average molecular weight is 300 g/mol. The SMILES string of the molecule is CCC[NH+]1CNC(Nc2nc(C)c3cc(C)ccc3n2)=[NH+]C1. The number of quaternary nitrogens is 1. The van der Waals surface area contributed by atoms with E-state index in [4.69, 9.17) is 0 Å². The van der Waals surface area contributed by atoms with Gasteiger partial charge >= 0.3 is 5.96 Å². The zero-order valence-electron chi connectivity index (χ0n) is 13.5. The Morgan fingerprint density at radius 2 is 2.18 bits per heavy atom. The molecule has 1 aromatic carbocycles. The number of rotatable bonds is 3. The second-order valence-electron chi connectivity index (χ2n) is 5.86. The number of aryl methyl sites for hydroxylation is 2. The number of nitrogens with zero attached hydrogens (tertiary/aromatic N) is 2. The summed E-state index contributed by atoms with van der Waals surface area (Å²) in [5, 5.41) is 7.72. The fourth-order valence-electron chi connectivity index (χ4n) is 2.73. The molecule has 22 heavy (non-hydrogen) atoms. The lowest BCUT2D eigenvalue weighted by atomic mass is 10.1. The minimum atomic E-state index is 0.628. The van der Waals surface area contributed by atoms with Crippen molar-refractivity contribution in [2.45, 2.75) is 27.2 Å². The molecule has 0 bridgehead atoms. The van der Waals surface area contributed by atoms with Gasteiger partial charge < -0.3 is 0 Å². The van der Waals surface area contributed by atoms with Gasteiger partial charge in [-0.25, -0.2) is 20.6 Å². The summed E-state index contributed by atoms with van der Waals surface area (Å²) in [5.74, 6) is 1.51. The molecule has 1 atom stereocenters. The highest BCUT2D eigenvalue weighted by Crippen LogP contribution is 2.18. The molecule has 0 radical (unpaired) electrons. The molecule has 1 aliphatic rings. The van der Waals surface area contributed by atoms with Crippen molar-refractivity contribution in [2.24, 2.45) is 0 Å². The van der Waals surface area contributed by atoms with E-state index in [1.807, 2.05) is 13.0 Å². The summed E-state index contributed by atoms with van der Waals surface area (Å²) in [7, 11) is 0. The molecule has 1 aromatic heterocycles. The van der Waals surface area contributed by atoms with Gasteiger partial charge in [0, 0.05) is 5.39 Å². The van der Waals surface area contributed by atoms with E-state index in [2.05, 4.69) is 51.6 Å². The van der Waals surface area contributed by atoms with Crippen LogP contribution in [0.15, 0.2) is 18.2 Å². The molecule has 0 fully saturated rings. The van der Waals surface area contributed by atoms with Gasteiger partial charge in [-0.2, -0.15) is 4.98 Å². The molecule has 2 aromatic rings. The Labute approximate surface area is 130 Å². The van der Waals surface area contributed by atoms with Gasteiger partial charge in [0.25, 0.3) is 5.95 Å². The summed E-state index contributed by atoms with van der Waals surface area (Å²) in [6.07, 6.45) is 1.19. The number of guanidine groups is 1. The number of aromatic nitrogens is 2. The van der Waals surface area contributed by atoms with Crippen LogP contribution >= 0.6 is 0 Å². The van der Waals surface area contributed by atoms with E-state index in [9.17, 15) is 0 Å². The van der Waals surface area contributed by atoms with Gasteiger partial charge in [0.15, 0.2) is 13.3 Å². The van der Waals surface area contributed by atoms with Crippen LogP contribution in [0.3, 0.4) is 0 Å². The van der Waals surface area contributed by atoms with Crippen LogP contribution in [0.25, 0.3) is 10.9 Å². The molecule has 0 aliphatic carbocycles. The third-order valence-electron chi connectivity index (χ3n) is 3.91. The fraction of sp³-hybridized carbons (Fsp3) is 0.438. The molecule has 0 amide bonds. The Morgan fingerprint density at radius 3 is 2.91 bits per heavy atom. The molecule has 1 unspecified atom stereocenters. The summed E-state index contributed by atoms with van der Waals surface area (Å²) in [4.78, 5) is 14.0. The maximum absolute atomic E-state index is 4.60. The molecule has 2 heterocycles. The first-order valence-electron chi connectivity index (χ1n) is 7.86. The van der Waals surface area contributed by atoms with Crippen LogP contribution in [0, 0.1) is 13.8 Å². The van der Waals surface area contributed by atoms with Crippen molar-refractivity contribution in [3.8, 4) is 0 Å². The zero-order chi connectivity index (χ0) is 15.5. The highest BCUT2D eigenvalue weighted by molar-refractivity contribution is 5.89. The average Bonchev–Trinajstić information content (AvgIpc) is 2.50. The van der Waals surface area contributed by atoms with E-state index < -0.39 is 0 Å². The Hall–Kier alpha value is -2.21. The quantitative estimate of drug-likeness (QED) is 0.581. The Bertz CT molecular complexity index is 709. The number of benzene rings is 1. The standard InChI is InChI=1S/C16H22N6/c1-4-7-22-9-17-15(18-10-22)21-16-19-12(3)13-8-11(2)5-6-14(13)20-16/h5-6,8H,4,7,9-10H2,1-3H3,(H2,17,18,19,20,21)/p+2. The highest BCUT2D eigenvalue weighted by Gasteiger charge is 2.20. The maximum Gasteiger partial charge on any atom is 0.359 e. The largest absolute Gasteiger partial charge is 0.359 e. The van der Waals surface area contributed by atoms with Crippen molar-refractivity contribution in [2.75, 3.05) is 25.2 Å². The maximum atomic E-state index is 4.60. The van der Waals surface area contributed by atoms with E-state index in [0.717, 1.165) is 42.4 Å². The fourth-order valence-corrected chi connectivity index (χ4v) is 2.73. The summed E-state index contributed by atoms with van der Waals surface area (Å²) < 4.78 is 0. The van der Waals surface area contributed by atoms with Crippen LogP contribution < -0.4 is 20.5 Å². The molecule has 0 saturated heterocycles. The summed E-state index contributed by atoms with van der Waals surface area (Å²) >= 11 is 0. The molecule has 4 N–H and O–H groups in total. The van der Waals surface area contributed by atoms with E-state index in [1.54, 1.807) is 0 Å². The number of fused-ring (bicyclic) bond motifs is 1. The van der Waals surface area contributed by atoms with Gasteiger partial charge in [-0.15, -0.1) is 0 Å². The minimum absolute atomic E-state index is 0.628. The van der Waals surface area contributed by atoms with E-state index in [0.29, 0.717) is 5.95 Å². The highest BCUT2D eigenvalue weighted by atomic mass is 15.4. The molecule has 0 spiro atoms. The number of hydrogen-bond donors (Lipinski definition) is 4. The predicted molar refractivity (Wildman–Crippen MR) is 87.6 cm³/mol. The molecular formula is C16H24N6+2. The predicted octanol–water partition coefficient (Wildman–Crippen LogP) is -1.09. The Morgan fingerprint density at radius 1 is 1.32 bits per heavy atom. The topological polar surface area (TPSA) is 68.2 Å². The van der Waals surface area contributed by atoms with Gasteiger partial charge in [0.05, 0.1) is 17.8 Å². The number of nitrogens with one attached hydrogen (secondary N) is 4. The van der Waals surface area contributed by atoms with Crippen LogP contribution in [0.4, 0.5) is 5.95 Å².